The minimum Gasteiger partial charge on any atom is -0.456 e. The van der Waals surface area contributed by atoms with Gasteiger partial charge in [0.15, 0.2) is 17.5 Å². The van der Waals surface area contributed by atoms with Crippen molar-refractivity contribution in [3.05, 3.63) is 218 Å². The summed E-state index contributed by atoms with van der Waals surface area (Å²) in [5.74, 6) is 0.778. The van der Waals surface area contributed by atoms with E-state index in [0.29, 0.717) is 45.1 Å². The minimum absolute atomic E-state index is 0.145. The molecule has 62 heavy (non-hydrogen) atoms. The van der Waals surface area contributed by atoms with Crippen molar-refractivity contribution in [2.45, 2.75) is 0 Å². The lowest BCUT2D eigenvalue weighted by atomic mass is 9.99. The molecular formula is C57H36N4O. The quantitative estimate of drug-likeness (QED) is 0.161. The Balaban J connectivity index is 1.22. The van der Waals surface area contributed by atoms with Gasteiger partial charge in [0.1, 0.15) is 11.2 Å². The minimum atomic E-state index is -0.711. The molecule has 0 saturated carbocycles. The standard InChI is InChI=1S/C57H36N4O/c1-4-15-37(16-5-1)40-21-14-22-44(33-40)56-58-55(39-19-8-3-9-20-39)59-57(60-56)47-30-27-43(42-29-32-54-49(35-42)46-24-11-13-26-53(46)62-54)36-52(47)61-50-25-12-10-23-45(50)48-34-41(28-31-51(48)61)38-17-6-2-7-18-38/h1-36H/i2D,6D,7D,10D,12D,17D,18D,23D,25D,28D,31D,34D. The number of benzene rings is 9. The summed E-state index contributed by atoms with van der Waals surface area (Å²) in [5, 5.41) is 1.35. The summed E-state index contributed by atoms with van der Waals surface area (Å²) in [5.41, 5.74) is 5.22. The van der Waals surface area contributed by atoms with E-state index in [0.717, 1.165) is 27.5 Å². The van der Waals surface area contributed by atoms with E-state index in [-0.39, 0.29) is 33.3 Å². The molecule has 0 atom stereocenters. The van der Waals surface area contributed by atoms with Crippen molar-refractivity contribution in [1.82, 2.24) is 19.5 Å². The number of fused-ring (bicyclic) bond motifs is 6. The molecule has 0 amide bonds. The SMILES string of the molecule is [2H]c1c([2H])c([2H])c(-c2c([2H])c([2H])c3c(c2[2H])c2c([2H])c([2H])c([2H])c([2H])c2n3-c2cc(-c3ccc4oc5ccccc5c4c3)ccc2-c2nc(-c3ccccc3)nc(-c3cccc(-c4ccccc4)c3)n2)c([2H])c1[2H]. The van der Waals surface area contributed by atoms with Crippen molar-refractivity contribution in [1.29, 1.82) is 0 Å². The molecule has 3 aromatic heterocycles. The molecule has 9 aromatic carbocycles. The second-order valence-corrected chi connectivity index (χ2v) is 14.7. The van der Waals surface area contributed by atoms with Gasteiger partial charge >= 0.3 is 0 Å². The molecule has 0 aliphatic rings. The molecule has 0 radical (unpaired) electrons. The smallest absolute Gasteiger partial charge is 0.166 e. The number of hydrogen-bond donors (Lipinski definition) is 0. The summed E-state index contributed by atoms with van der Waals surface area (Å²) in [7, 11) is 0. The van der Waals surface area contributed by atoms with Gasteiger partial charge in [0.05, 0.1) is 33.2 Å². The van der Waals surface area contributed by atoms with Gasteiger partial charge in [-0.25, -0.2) is 15.0 Å². The molecule has 0 fully saturated rings. The highest BCUT2D eigenvalue weighted by Crippen LogP contribution is 2.41. The number of nitrogens with zero attached hydrogens (tertiary/aromatic N) is 4. The maximum atomic E-state index is 9.85. The van der Waals surface area contributed by atoms with Gasteiger partial charge < -0.3 is 8.98 Å². The summed E-state index contributed by atoms with van der Waals surface area (Å²) in [6.07, 6.45) is 0. The first kappa shape index (κ1) is 25.3. The van der Waals surface area contributed by atoms with E-state index in [9.17, 15) is 6.85 Å². The van der Waals surface area contributed by atoms with Crippen molar-refractivity contribution in [3.8, 4) is 73.2 Å². The van der Waals surface area contributed by atoms with E-state index in [2.05, 4.69) is 0 Å². The molecule has 0 spiro atoms. The molecular weight excluding hydrogens is 757 g/mol. The third-order valence-corrected chi connectivity index (χ3v) is 11.0. The van der Waals surface area contributed by atoms with Crippen LogP contribution in [0, 0.1) is 0 Å². The molecule has 0 saturated heterocycles. The molecule has 0 bridgehead atoms. The molecule has 290 valence electrons. The second-order valence-electron chi connectivity index (χ2n) is 14.7. The Kier molecular flexibility index (Phi) is 5.99. The Hall–Kier alpha value is -8.41. The average molecular weight is 805 g/mol. The van der Waals surface area contributed by atoms with E-state index in [1.165, 1.54) is 4.57 Å². The maximum Gasteiger partial charge on any atom is 0.166 e. The molecule has 5 nitrogen and oxygen atoms in total. The van der Waals surface area contributed by atoms with Gasteiger partial charge in [-0.1, -0.05) is 164 Å². The van der Waals surface area contributed by atoms with Gasteiger partial charge in [-0.2, -0.15) is 0 Å². The summed E-state index contributed by atoms with van der Waals surface area (Å²) < 4.78 is 117. The predicted octanol–water partition coefficient (Wildman–Crippen LogP) is 14.9. The molecule has 12 aromatic rings. The summed E-state index contributed by atoms with van der Waals surface area (Å²) >= 11 is 0. The van der Waals surface area contributed by atoms with Gasteiger partial charge in [-0.15, -0.1) is 0 Å². The lowest BCUT2D eigenvalue weighted by molar-refractivity contribution is 0.669. The first-order chi connectivity index (χ1) is 35.7. The molecule has 12 rings (SSSR count). The van der Waals surface area contributed by atoms with Crippen LogP contribution in [0.2, 0.25) is 0 Å². The highest BCUT2D eigenvalue weighted by molar-refractivity contribution is 6.11. The Labute approximate surface area is 374 Å². The van der Waals surface area contributed by atoms with Gasteiger partial charge in [-0.3, -0.25) is 0 Å². The topological polar surface area (TPSA) is 56.7 Å². The van der Waals surface area contributed by atoms with Crippen LogP contribution in [0.5, 0.6) is 0 Å². The normalized spacial score (nSPS) is 14.3. The van der Waals surface area contributed by atoms with Crippen LogP contribution < -0.4 is 0 Å². The number of para-hydroxylation sites is 2. The third-order valence-electron chi connectivity index (χ3n) is 11.0. The maximum absolute atomic E-state index is 9.85. The fourth-order valence-corrected chi connectivity index (χ4v) is 8.06. The van der Waals surface area contributed by atoms with E-state index in [1.54, 1.807) is 12.1 Å². The van der Waals surface area contributed by atoms with Gasteiger partial charge in [0.2, 0.25) is 0 Å². The van der Waals surface area contributed by atoms with Crippen LogP contribution in [-0.4, -0.2) is 19.5 Å². The van der Waals surface area contributed by atoms with E-state index < -0.39 is 83.6 Å². The summed E-state index contributed by atoms with van der Waals surface area (Å²) in [6, 6.07) is 38.2. The van der Waals surface area contributed by atoms with Crippen molar-refractivity contribution >= 4 is 43.7 Å². The number of hydrogen-bond acceptors (Lipinski definition) is 4. The van der Waals surface area contributed by atoms with Crippen LogP contribution in [0.15, 0.2) is 223 Å². The Morgan fingerprint density at radius 1 is 0.371 bits per heavy atom. The fourth-order valence-electron chi connectivity index (χ4n) is 8.06. The second kappa shape index (κ2) is 14.7. The number of furan rings is 1. The predicted molar refractivity (Wildman–Crippen MR) is 254 cm³/mol. The zero-order valence-corrected chi connectivity index (χ0v) is 32.6. The molecule has 0 unspecified atom stereocenters. The fraction of sp³-hybridized carbons (Fsp3) is 0. The van der Waals surface area contributed by atoms with Gasteiger partial charge in [0, 0.05) is 38.2 Å². The first-order valence-electron chi connectivity index (χ1n) is 25.9. The Bertz CT molecular complexity index is 4320. The third kappa shape index (κ3) is 6.14. The van der Waals surface area contributed by atoms with Crippen LogP contribution in [-0.2, 0) is 0 Å². The number of aromatic nitrogens is 4. The van der Waals surface area contributed by atoms with Crippen LogP contribution in [0.25, 0.3) is 117 Å². The lowest BCUT2D eigenvalue weighted by Crippen LogP contribution is -2.04. The average Bonchev–Trinajstić information content (AvgIpc) is 4.02. The van der Waals surface area contributed by atoms with Crippen molar-refractivity contribution in [3.63, 3.8) is 0 Å². The van der Waals surface area contributed by atoms with Gasteiger partial charge in [-0.05, 0) is 87.9 Å². The lowest BCUT2D eigenvalue weighted by Gasteiger charge is -2.17. The summed E-state index contributed by atoms with van der Waals surface area (Å²) in [6.45, 7) is 0. The molecule has 3 heterocycles. The van der Waals surface area contributed by atoms with Gasteiger partial charge in [0.25, 0.3) is 0 Å². The highest BCUT2D eigenvalue weighted by atomic mass is 16.3. The first-order valence-corrected chi connectivity index (χ1v) is 19.9. The number of rotatable bonds is 7. The van der Waals surface area contributed by atoms with Crippen LogP contribution in [0.1, 0.15) is 16.4 Å². The van der Waals surface area contributed by atoms with Crippen LogP contribution >= 0.6 is 0 Å². The largest absolute Gasteiger partial charge is 0.456 e. The van der Waals surface area contributed by atoms with E-state index in [4.69, 9.17) is 29.0 Å². The Morgan fingerprint density at radius 3 is 1.85 bits per heavy atom. The Morgan fingerprint density at radius 2 is 1.00 bits per heavy atom. The van der Waals surface area contributed by atoms with Crippen molar-refractivity contribution in [2.75, 3.05) is 0 Å². The molecule has 5 heteroatoms. The molecule has 0 aliphatic heterocycles. The van der Waals surface area contributed by atoms with Crippen LogP contribution in [0.3, 0.4) is 0 Å². The zero-order valence-electron chi connectivity index (χ0n) is 44.6. The molecule has 0 aliphatic carbocycles. The van der Waals surface area contributed by atoms with E-state index >= 15 is 0 Å². The van der Waals surface area contributed by atoms with Crippen molar-refractivity contribution < 1.29 is 20.9 Å². The van der Waals surface area contributed by atoms with Crippen molar-refractivity contribution in [2.24, 2.45) is 0 Å². The monoisotopic (exact) mass is 804 g/mol. The summed E-state index contributed by atoms with van der Waals surface area (Å²) in [4.78, 5) is 15.3. The zero-order chi connectivity index (χ0) is 51.4. The van der Waals surface area contributed by atoms with Crippen LogP contribution in [0.4, 0.5) is 0 Å². The highest BCUT2D eigenvalue weighted by Gasteiger charge is 2.21. The van der Waals surface area contributed by atoms with E-state index in [1.807, 2.05) is 133 Å². The molecule has 0 N–H and O–H groups in total.